The minimum Gasteiger partial charge on any atom is -0.504 e. The third kappa shape index (κ3) is 0.984. The lowest BCUT2D eigenvalue weighted by atomic mass is 10.4. The van der Waals surface area contributed by atoms with Gasteiger partial charge in [-0.2, -0.15) is 4.98 Å². The molecule has 0 aliphatic rings. The first kappa shape index (κ1) is 7.30. The molecule has 0 saturated carbocycles. The molecule has 0 aliphatic carbocycles. The van der Waals surface area contributed by atoms with Gasteiger partial charge in [0.05, 0.1) is 6.20 Å². The molecular weight excluding hydrogens is 185 g/mol. The van der Waals surface area contributed by atoms with Crippen LogP contribution in [-0.2, 0) is 0 Å². The molecule has 2 aromatic rings. The van der Waals surface area contributed by atoms with Gasteiger partial charge in [-0.05, 0) is 11.6 Å². The van der Waals surface area contributed by atoms with Gasteiger partial charge in [0, 0.05) is 6.07 Å². The van der Waals surface area contributed by atoms with Crippen molar-refractivity contribution in [3.05, 3.63) is 23.4 Å². The van der Waals surface area contributed by atoms with Gasteiger partial charge in [0.1, 0.15) is 0 Å². The van der Waals surface area contributed by atoms with Crippen LogP contribution < -0.4 is 0 Å². The summed E-state index contributed by atoms with van der Waals surface area (Å²) in [5.41, 5.74) is 0.260. The molecule has 6 heteroatoms. The number of pyridine rings is 1. The Morgan fingerprint density at radius 1 is 1.58 bits per heavy atom. The molecule has 0 spiro atoms. The van der Waals surface area contributed by atoms with Crippen molar-refractivity contribution in [1.29, 1.82) is 0 Å². The van der Waals surface area contributed by atoms with Gasteiger partial charge in [-0.1, -0.05) is 0 Å². The Morgan fingerprint density at radius 2 is 2.33 bits per heavy atom. The number of aromatic nitrogens is 3. The average Bonchev–Trinajstić information content (AvgIpc) is 2.30. The lowest BCUT2D eigenvalue weighted by molar-refractivity contribution is 0.428. The molecule has 62 valence electrons. The standard InChI is InChI=1S/C6H3ClFN3O/c7-6-9-5-1-3(8)4(12)2-11(5)10-6/h1-2,12H. The molecule has 0 amide bonds. The molecule has 0 aliphatic heterocycles. The summed E-state index contributed by atoms with van der Waals surface area (Å²) in [6.45, 7) is 0. The van der Waals surface area contributed by atoms with Gasteiger partial charge in [0.2, 0.25) is 5.28 Å². The van der Waals surface area contributed by atoms with Crippen LogP contribution in [0.3, 0.4) is 0 Å². The fourth-order valence-corrected chi connectivity index (χ4v) is 1.03. The summed E-state index contributed by atoms with van der Waals surface area (Å²) in [6.07, 6.45) is 1.10. The molecule has 0 atom stereocenters. The second-order valence-electron chi connectivity index (χ2n) is 2.19. The zero-order valence-corrected chi connectivity index (χ0v) is 6.46. The fraction of sp³-hybridized carbons (Fsp3) is 0. The summed E-state index contributed by atoms with van der Waals surface area (Å²) in [5.74, 6) is -1.23. The summed E-state index contributed by atoms with van der Waals surface area (Å²) >= 11 is 5.44. The first-order valence-electron chi connectivity index (χ1n) is 3.07. The third-order valence-corrected chi connectivity index (χ3v) is 1.54. The van der Waals surface area contributed by atoms with Gasteiger partial charge in [-0.25, -0.2) is 8.91 Å². The van der Waals surface area contributed by atoms with E-state index in [1.807, 2.05) is 0 Å². The fourth-order valence-electron chi connectivity index (χ4n) is 0.866. The molecule has 0 unspecified atom stereocenters. The smallest absolute Gasteiger partial charge is 0.243 e. The van der Waals surface area contributed by atoms with E-state index in [1.165, 1.54) is 4.52 Å². The van der Waals surface area contributed by atoms with E-state index in [0.29, 0.717) is 0 Å². The maximum Gasteiger partial charge on any atom is 0.243 e. The van der Waals surface area contributed by atoms with Gasteiger partial charge in [-0.3, -0.25) is 0 Å². The molecule has 0 radical (unpaired) electrons. The Hall–Kier alpha value is -1.36. The highest BCUT2D eigenvalue weighted by molar-refractivity contribution is 6.28. The van der Waals surface area contributed by atoms with Crippen molar-refractivity contribution in [3.63, 3.8) is 0 Å². The van der Waals surface area contributed by atoms with Crippen LogP contribution in [0.5, 0.6) is 5.75 Å². The summed E-state index contributed by atoms with van der Waals surface area (Å²) in [7, 11) is 0. The van der Waals surface area contributed by atoms with E-state index < -0.39 is 11.6 Å². The van der Waals surface area contributed by atoms with Crippen molar-refractivity contribution in [2.45, 2.75) is 0 Å². The van der Waals surface area contributed by atoms with E-state index in [0.717, 1.165) is 12.3 Å². The number of fused-ring (bicyclic) bond motifs is 1. The van der Waals surface area contributed by atoms with Crippen molar-refractivity contribution in [1.82, 2.24) is 14.6 Å². The van der Waals surface area contributed by atoms with Crippen molar-refractivity contribution in [3.8, 4) is 5.75 Å². The van der Waals surface area contributed by atoms with Crippen LogP contribution in [0.15, 0.2) is 12.3 Å². The lowest BCUT2D eigenvalue weighted by Gasteiger charge is -1.93. The van der Waals surface area contributed by atoms with Crippen LogP contribution in [0.4, 0.5) is 4.39 Å². The predicted octanol–water partition coefficient (Wildman–Crippen LogP) is 1.23. The first-order chi connectivity index (χ1) is 5.66. The minimum absolute atomic E-state index is 0.0139. The molecule has 4 nitrogen and oxygen atoms in total. The Balaban J connectivity index is 2.83. The second kappa shape index (κ2) is 2.31. The van der Waals surface area contributed by atoms with Crippen LogP contribution in [0.1, 0.15) is 0 Å². The zero-order valence-electron chi connectivity index (χ0n) is 5.70. The Morgan fingerprint density at radius 3 is 3.08 bits per heavy atom. The highest BCUT2D eigenvalue weighted by Crippen LogP contribution is 2.16. The van der Waals surface area contributed by atoms with E-state index in [4.69, 9.17) is 16.7 Å². The molecule has 0 fully saturated rings. The molecule has 2 heterocycles. The Labute approximate surface area is 71.2 Å². The van der Waals surface area contributed by atoms with E-state index in [2.05, 4.69) is 10.1 Å². The lowest BCUT2D eigenvalue weighted by Crippen LogP contribution is -1.88. The second-order valence-corrected chi connectivity index (χ2v) is 2.53. The number of hydrogen-bond acceptors (Lipinski definition) is 3. The summed E-state index contributed by atoms with van der Waals surface area (Å²) < 4.78 is 13.9. The van der Waals surface area contributed by atoms with E-state index in [-0.39, 0.29) is 10.9 Å². The number of nitrogens with zero attached hydrogens (tertiary/aromatic N) is 3. The maximum atomic E-state index is 12.7. The van der Waals surface area contributed by atoms with Crippen molar-refractivity contribution in [2.24, 2.45) is 0 Å². The molecular formula is C6H3ClFN3O. The number of aromatic hydroxyl groups is 1. The molecule has 12 heavy (non-hydrogen) atoms. The van der Waals surface area contributed by atoms with Crippen molar-refractivity contribution in [2.75, 3.05) is 0 Å². The van der Waals surface area contributed by atoms with Gasteiger partial charge < -0.3 is 5.11 Å². The Kier molecular flexibility index (Phi) is 1.41. The maximum absolute atomic E-state index is 12.7. The molecule has 2 rings (SSSR count). The SMILES string of the molecule is Oc1cn2nc(Cl)nc2cc1F. The normalized spacial score (nSPS) is 10.8. The van der Waals surface area contributed by atoms with E-state index in [1.54, 1.807) is 0 Å². The minimum atomic E-state index is -0.744. The van der Waals surface area contributed by atoms with Crippen molar-refractivity contribution < 1.29 is 9.50 Å². The van der Waals surface area contributed by atoms with Crippen LogP contribution in [-0.4, -0.2) is 19.7 Å². The van der Waals surface area contributed by atoms with E-state index >= 15 is 0 Å². The summed E-state index contributed by atoms with van der Waals surface area (Å²) in [6, 6.07) is 1.05. The number of hydrogen-bond donors (Lipinski definition) is 1. The summed E-state index contributed by atoms with van der Waals surface area (Å²) in [4.78, 5) is 3.68. The van der Waals surface area contributed by atoms with Crippen LogP contribution in [0.25, 0.3) is 5.65 Å². The molecule has 0 saturated heterocycles. The highest BCUT2D eigenvalue weighted by atomic mass is 35.5. The van der Waals surface area contributed by atoms with Gasteiger partial charge in [-0.15, -0.1) is 5.10 Å². The molecule has 0 aromatic carbocycles. The summed E-state index contributed by atoms with van der Waals surface area (Å²) in [5, 5.41) is 12.6. The van der Waals surface area contributed by atoms with Crippen LogP contribution in [0, 0.1) is 5.82 Å². The van der Waals surface area contributed by atoms with Gasteiger partial charge in [0.25, 0.3) is 0 Å². The molecule has 2 aromatic heterocycles. The monoisotopic (exact) mass is 187 g/mol. The third-order valence-electron chi connectivity index (χ3n) is 1.38. The van der Waals surface area contributed by atoms with Crippen LogP contribution >= 0.6 is 11.6 Å². The predicted molar refractivity (Wildman–Crippen MR) is 39.6 cm³/mol. The van der Waals surface area contributed by atoms with Gasteiger partial charge >= 0.3 is 0 Å². The number of rotatable bonds is 0. The van der Waals surface area contributed by atoms with E-state index in [9.17, 15) is 4.39 Å². The van der Waals surface area contributed by atoms with Crippen molar-refractivity contribution >= 4 is 17.2 Å². The highest BCUT2D eigenvalue weighted by Gasteiger charge is 2.06. The van der Waals surface area contributed by atoms with Crippen LogP contribution in [0.2, 0.25) is 5.28 Å². The quantitative estimate of drug-likeness (QED) is 0.675. The topological polar surface area (TPSA) is 50.4 Å². The Bertz CT molecular complexity index is 403. The largest absolute Gasteiger partial charge is 0.504 e. The van der Waals surface area contributed by atoms with Gasteiger partial charge in [0.15, 0.2) is 17.2 Å². The number of halogens is 2. The molecule has 0 bridgehead atoms. The zero-order chi connectivity index (χ0) is 8.72. The average molecular weight is 188 g/mol. The molecule has 1 N–H and O–H groups in total. The first-order valence-corrected chi connectivity index (χ1v) is 3.45.